The maximum absolute atomic E-state index is 11.9. The zero-order valence-electron chi connectivity index (χ0n) is 7.81. The highest BCUT2D eigenvalue weighted by molar-refractivity contribution is 5.66. The fourth-order valence-corrected chi connectivity index (χ4v) is 0.855. The van der Waals surface area contributed by atoms with E-state index in [0.717, 1.165) is 6.92 Å². The van der Waals surface area contributed by atoms with E-state index in [1.165, 1.54) is 0 Å². The molecule has 0 N–H and O–H groups in total. The van der Waals surface area contributed by atoms with Gasteiger partial charge in [0.1, 0.15) is 6.10 Å². The molecule has 0 fully saturated rings. The molecule has 0 aliphatic rings. The number of rotatable bonds is 3. The summed E-state index contributed by atoms with van der Waals surface area (Å²) in [6, 6.07) is 0. The van der Waals surface area contributed by atoms with E-state index in [9.17, 15) is 18.0 Å². The van der Waals surface area contributed by atoms with Gasteiger partial charge in [0.2, 0.25) is 0 Å². The molecule has 0 aromatic rings. The summed E-state index contributed by atoms with van der Waals surface area (Å²) in [4.78, 5) is 10.5. The minimum absolute atomic E-state index is 0.328. The van der Waals surface area contributed by atoms with Gasteiger partial charge in [0.25, 0.3) is 0 Å². The highest BCUT2D eigenvalue weighted by atomic mass is 19.4. The summed E-state index contributed by atoms with van der Waals surface area (Å²) in [5.41, 5.74) is 0. The highest BCUT2D eigenvalue weighted by Gasteiger charge is 2.34. The van der Waals surface area contributed by atoms with E-state index < -0.39 is 24.7 Å². The lowest BCUT2D eigenvalue weighted by atomic mass is 10.0. The van der Waals surface area contributed by atoms with Crippen molar-refractivity contribution in [2.24, 2.45) is 5.92 Å². The Morgan fingerprint density at radius 2 is 1.85 bits per heavy atom. The van der Waals surface area contributed by atoms with E-state index in [-0.39, 0.29) is 5.92 Å². The Hall–Kier alpha value is -0.740. The minimum atomic E-state index is -4.29. The summed E-state index contributed by atoms with van der Waals surface area (Å²) < 4.78 is 40.3. The number of hydrogen-bond donors (Lipinski definition) is 0. The van der Waals surface area contributed by atoms with Crippen molar-refractivity contribution in [3.8, 4) is 0 Å². The average Bonchev–Trinajstić information content (AvgIpc) is 1.81. The van der Waals surface area contributed by atoms with Crippen molar-refractivity contribution in [1.82, 2.24) is 0 Å². The molecule has 78 valence electrons. The molecule has 0 saturated carbocycles. The number of alkyl halides is 3. The van der Waals surface area contributed by atoms with Gasteiger partial charge in [-0.3, -0.25) is 4.79 Å². The molecule has 0 bridgehead atoms. The van der Waals surface area contributed by atoms with Gasteiger partial charge >= 0.3 is 12.1 Å². The molecule has 0 aromatic heterocycles. The zero-order valence-corrected chi connectivity index (χ0v) is 7.81. The van der Waals surface area contributed by atoms with Gasteiger partial charge in [-0.25, -0.2) is 0 Å². The zero-order chi connectivity index (χ0) is 10.6. The van der Waals surface area contributed by atoms with Crippen LogP contribution in [0.4, 0.5) is 13.2 Å². The summed E-state index contributed by atoms with van der Waals surface area (Å²) >= 11 is 0. The average molecular weight is 198 g/mol. The monoisotopic (exact) mass is 198 g/mol. The third-order valence-corrected chi connectivity index (χ3v) is 1.49. The van der Waals surface area contributed by atoms with Crippen LogP contribution in [0.3, 0.4) is 0 Å². The molecule has 5 heteroatoms. The topological polar surface area (TPSA) is 26.3 Å². The Balaban J connectivity index is 4.19. The summed E-state index contributed by atoms with van der Waals surface area (Å²) in [6.07, 6.45) is -6.44. The predicted octanol–water partition coefficient (Wildman–Crippen LogP) is 2.53. The van der Waals surface area contributed by atoms with Crippen LogP contribution < -0.4 is 0 Å². The molecule has 13 heavy (non-hydrogen) atoms. The first kappa shape index (κ1) is 12.3. The van der Waals surface area contributed by atoms with Gasteiger partial charge in [0, 0.05) is 6.92 Å². The number of halogens is 3. The van der Waals surface area contributed by atoms with Gasteiger partial charge < -0.3 is 4.74 Å². The van der Waals surface area contributed by atoms with Crippen molar-refractivity contribution in [3.63, 3.8) is 0 Å². The summed E-state index contributed by atoms with van der Waals surface area (Å²) in [5.74, 6) is -1.01. The van der Waals surface area contributed by atoms with Crippen LogP contribution >= 0.6 is 0 Å². The lowest BCUT2D eigenvalue weighted by Crippen LogP contribution is -2.28. The summed E-state index contributed by atoms with van der Waals surface area (Å²) in [5, 5.41) is 0. The van der Waals surface area contributed by atoms with E-state index in [2.05, 4.69) is 4.74 Å². The van der Waals surface area contributed by atoms with Crippen LogP contribution in [0.1, 0.15) is 27.2 Å². The fraction of sp³-hybridized carbons (Fsp3) is 0.875. The van der Waals surface area contributed by atoms with Gasteiger partial charge in [-0.1, -0.05) is 13.8 Å². The second-order valence-electron chi connectivity index (χ2n) is 3.21. The summed E-state index contributed by atoms with van der Waals surface area (Å²) in [6.45, 7) is 4.27. The fourth-order valence-electron chi connectivity index (χ4n) is 0.855. The van der Waals surface area contributed by atoms with Crippen LogP contribution in [0.25, 0.3) is 0 Å². The van der Waals surface area contributed by atoms with Gasteiger partial charge in [-0.2, -0.15) is 13.2 Å². The van der Waals surface area contributed by atoms with Crippen molar-refractivity contribution in [3.05, 3.63) is 0 Å². The van der Waals surface area contributed by atoms with Gasteiger partial charge in [0.15, 0.2) is 0 Å². The molecule has 0 radical (unpaired) electrons. The normalized spacial score (nSPS) is 14.4. The van der Waals surface area contributed by atoms with Gasteiger partial charge in [-0.15, -0.1) is 0 Å². The third-order valence-electron chi connectivity index (χ3n) is 1.49. The second-order valence-corrected chi connectivity index (χ2v) is 3.21. The molecular weight excluding hydrogens is 185 g/mol. The number of ether oxygens (including phenoxy) is 1. The molecule has 1 unspecified atom stereocenters. The van der Waals surface area contributed by atoms with Crippen LogP contribution in [0, 0.1) is 5.92 Å². The van der Waals surface area contributed by atoms with Crippen molar-refractivity contribution >= 4 is 5.97 Å². The first-order valence-corrected chi connectivity index (χ1v) is 3.96. The molecule has 2 nitrogen and oxygen atoms in total. The van der Waals surface area contributed by atoms with Crippen LogP contribution in [0.5, 0.6) is 0 Å². The van der Waals surface area contributed by atoms with E-state index in [4.69, 9.17) is 0 Å². The Bertz CT molecular complexity index is 175. The Morgan fingerprint density at radius 1 is 1.38 bits per heavy atom. The highest BCUT2D eigenvalue weighted by Crippen LogP contribution is 2.26. The maximum Gasteiger partial charge on any atom is 0.392 e. The minimum Gasteiger partial charge on any atom is -0.462 e. The van der Waals surface area contributed by atoms with E-state index >= 15 is 0 Å². The Kier molecular flexibility index (Phi) is 4.23. The van der Waals surface area contributed by atoms with E-state index in [1.807, 2.05) is 0 Å². The number of hydrogen-bond acceptors (Lipinski definition) is 2. The van der Waals surface area contributed by atoms with Crippen LogP contribution in [-0.2, 0) is 9.53 Å². The van der Waals surface area contributed by atoms with Crippen molar-refractivity contribution in [2.75, 3.05) is 0 Å². The standard InChI is InChI=1S/C8H13F3O2/c1-5(2)7(13-6(3)12)4-8(9,10)11/h5,7H,4H2,1-3H3. The summed E-state index contributed by atoms with van der Waals surface area (Å²) in [7, 11) is 0. The second kappa shape index (κ2) is 4.48. The molecule has 0 aliphatic carbocycles. The number of carbonyl (C=O) groups is 1. The molecule has 0 rings (SSSR count). The lowest BCUT2D eigenvalue weighted by Gasteiger charge is -2.21. The Morgan fingerprint density at radius 3 is 2.08 bits per heavy atom. The molecule has 0 spiro atoms. The molecule has 0 saturated heterocycles. The van der Waals surface area contributed by atoms with Crippen LogP contribution in [0.2, 0.25) is 0 Å². The smallest absolute Gasteiger partial charge is 0.392 e. The van der Waals surface area contributed by atoms with Crippen molar-refractivity contribution in [1.29, 1.82) is 0 Å². The largest absolute Gasteiger partial charge is 0.462 e. The van der Waals surface area contributed by atoms with Gasteiger partial charge in [-0.05, 0) is 5.92 Å². The molecule has 1 atom stereocenters. The third kappa shape index (κ3) is 6.42. The number of carbonyl (C=O) groups excluding carboxylic acids is 1. The first-order chi connectivity index (χ1) is 5.72. The predicted molar refractivity (Wildman–Crippen MR) is 41.1 cm³/mol. The SMILES string of the molecule is CC(=O)OC(CC(F)(F)F)C(C)C. The van der Waals surface area contributed by atoms with Crippen LogP contribution in [-0.4, -0.2) is 18.2 Å². The van der Waals surface area contributed by atoms with Crippen molar-refractivity contribution < 1.29 is 22.7 Å². The van der Waals surface area contributed by atoms with Crippen molar-refractivity contribution in [2.45, 2.75) is 39.5 Å². The number of esters is 1. The molecule has 0 aliphatic heterocycles. The quantitative estimate of drug-likeness (QED) is 0.651. The molecular formula is C8H13F3O2. The van der Waals surface area contributed by atoms with E-state index in [1.54, 1.807) is 13.8 Å². The lowest BCUT2D eigenvalue weighted by molar-refractivity contribution is -0.175. The van der Waals surface area contributed by atoms with Gasteiger partial charge in [0.05, 0.1) is 6.42 Å². The first-order valence-electron chi connectivity index (χ1n) is 3.96. The van der Waals surface area contributed by atoms with E-state index in [0.29, 0.717) is 0 Å². The molecule has 0 amide bonds. The Labute approximate surface area is 75.1 Å². The maximum atomic E-state index is 11.9. The molecule has 0 aromatic carbocycles. The molecule has 0 heterocycles. The van der Waals surface area contributed by atoms with Crippen LogP contribution in [0.15, 0.2) is 0 Å².